The summed E-state index contributed by atoms with van der Waals surface area (Å²) in [5.41, 5.74) is 3.55. The highest BCUT2D eigenvalue weighted by atomic mass is 14.3. The molecule has 21 heavy (non-hydrogen) atoms. The van der Waals surface area contributed by atoms with Crippen molar-refractivity contribution in [3.63, 3.8) is 0 Å². The number of rotatable bonds is 3. The molecule has 0 fully saturated rings. The number of hydrogen-bond donors (Lipinski definition) is 0. The molecule has 0 aliphatic carbocycles. The summed E-state index contributed by atoms with van der Waals surface area (Å²) >= 11 is 0. The number of benzene rings is 3. The molecular formula is C20H17N. The van der Waals surface area contributed by atoms with E-state index in [0.717, 1.165) is 12.0 Å². The minimum atomic E-state index is -0.101. The van der Waals surface area contributed by atoms with E-state index in [1.807, 2.05) is 6.07 Å². The highest BCUT2D eigenvalue weighted by Gasteiger charge is 2.13. The van der Waals surface area contributed by atoms with Gasteiger partial charge in [-0.3, -0.25) is 0 Å². The van der Waals surface area contributed by atoms with Gasteiger partial charge in [-0.2, -0.15) is 5.26 Å². The van der Waals surface area contributed by atoms with Gasteiger partial charge >= 0.3 is 0 Å². The number of hydrogen-bond acceptors (Lipinski definition) is 1. The predicted molar refractivity (Wildman–Crippen MR) is 87.2 cm³/mol. The molecule has 0 bridgehead atoms. The van der Waals surface area contributed by atoms with Gasteiger partial charge < -0.3 is 0 Å². The first-order valence-electron chi connectivity index (χ1n) is 7.21. The fourth-order valence-corrected chi connectivity index (χ4v) is 2.73. The second kappa shape index (κ2) is 5.81. The number of nitrogens with zero attached hydrogens (tertiary/aromatic N) is 1. The fraction of sp³-hybridized carbons (Fsp3) is 0.150. The molecule has 0 aliphatic heterocycles. The van der Waals surface area contributed by atoms with Crippen LogP contribution in [-0.4, -0.2) is 0 Å². The van der Waals surface area contributed by atoms with Gasteiger partial charge in [0.25, 0.3) is 0 Å². The topological polar surface area (TPSA) is 23.8 Å². The summed E-state index contributed by atoms with van der Waals surface area (Å²) in [6, 6.07) is 25.4. The summed E-state index contributed by atoms with van der Waals surface area (Å²) < 4.78 is 0. The summed E-state index contributed by atoms with van der Waals surface area (Å²) in [6.07, 6.45) is 0.751. The van der Waals surface area contributed by atoms with Crippen molar-refractivity contribution < 1.29 is 0 Å². The van der Waals surface area contributed by atoms with Gasteiger partial charge in [-0.1, -0.05) is 72.3 Å². The fourth-order valence-electron chi connectivity index (χ4n) is 2.73. The molecule has 0 amide bonds. The molecule has 0 aromatic heterocycles. The molecule has 1 nitrogen and oxygen atoms in total. The Morgan fingerprint density at radius 2 is 1.62 bits per heavy atom. The van der Waals surface area contributed by atoms with Crippen molar-refractivity contribution in [3.05, 3.63) is 83.4 Å². The lowest BCUT2D eigenvalue weighted by Gasteiger charge is -2.12. The standard InChI is InChI=1S/C20H17N/c1-15-9-11-16(12-10-15)19(14-21)13-18-7-4-6-17-5-2-3-8-20(17)18/h2-12,19H,13H2,1H3. The quantitative estimate of drug-likeness (QED) is 0.657. The lowest BCUT2D eigenvalue weighted by atomic mass is 9.90. The van der Waals surface area contributed by atoms with Crippen molar-refractivity contribution in [2.45, 2.75) is 19.3 Å². The first-order valence-corrected chi connectivity index (χ1v) is 7.21. The Hall–Kier alpha value is -2.59. The zero-order chi connectivity index (χ0) is 14.7. The van der Waals surface area contributed by atoms with Crippen molar-refractivity contribution in [3.8, 4) is 6.07 Å². The zero-order valence-corrected chi connectivity index (χ0v) is 12.1. The smallest absolute Gasteiger partial charge is 0.0753 e. The Morgan fingerprint density at radius 1 is 0.905 bits per heavy atom. The van der Waals surface area contributed by atoms with Crippen LogP contribution in [0.25, 0.3) is 10.8 Å². The summed E-state index contributed by atoms with van der Waals surface area (Å²) in [5, 5.41) is 12.0. The normalized spacial score (nSPS) is 12.0. The average Bonchev–Trinajstić information content (AvgIpc) is 2.54. The highest BCUT2D eigenvalue weighted by Crippen LogP contribution is 2.26. The third-order valence-electron chi connectivity index (χ3n) is 3.94. The molecule has 1 atom stereocenters. The molecule has 1 unspecified atom stereocenters. The van der Waals surface area contributed by atoms with Crippen molar-refractivity contribution in [2.24, 2.45) is 0 Å². The van der Waals surface area contributed by atoms with Crippen molar-refractivity contribution >= 4 is 10.8 Å². The van der Waals surface area contributed by atoms with Crippen molar-refractivity contribution in [1.82, 2.24) is 0 Å². The molecule has 0 spiro atoms. The predicted octanol–water partition coefficient (Wildman–Crippen LogP) is 5.00. The van der Waals surface area contributed by atoms with E-state index in [1.54, 1.807) is 0 Å². The molecule has 0 saturated carbocycles. The van der Waals surface area contributed by atoms with Gasteiger partial charge in [0.05, 0.1) is 12.0 Å². The average molecular weight is 271 g/mol. The van der Waals surface area contributed by atoms with Crippen molar-refractivity contribution in [1.29, 1.82) is 5.26 Å². The van der Waals surface area contributed by atoms with E-state index >= 15 is 0 Å². The maximum atomic E-state index is 9.53. The monoisotopic (exact) mass is 271 g/mol. The summed E-state index contributed by atoms with van der Waals surface area (Å²) in [5.74, 6) is -0.101. The van der Waals surface area contributed by atoms with Gasteiger partial charge in [0.2, 0.25) is 0 Å². The third kappa shape index (κ3) is 2.80. The Labute approximate surface area is 125 Å². The number of fused-ring (bicyclic) bond motifs is 1. The van der Waals surface area contributed by atoms with E-state index in [0.29, 0.717) is 0 Å². The Kier molecular flexibility index (Phi) is 3.71. The van der Waals surface area contributed by atoms with Crippen LogP contribution in [0.3, 0.4) is 0 Å². The van der Waals surface area contributed by atoms with E-state index in [1.165, 1.54) is 21.9 Å². The van der Waals surface area contributed by atoms with Crippen LogP contribution in [0.15, 0.2) is 66.7 Å². The molecule has 0 N–H and O–H groups in total. The van der Waals surface area contributed by atoms with Crippen LogP contribution in [0.1, 0.15) is 22.6 Å². The lowest BCUT2D eigenvalue weighted by Crippen LogP contribution is -2.01. The summed E-state index contributed by atoms with van der Waals surface area (Å²) in [4.78, 5) is 0. The minimum absolute atomic E-state index is 0.101. The first kappa shape index (κ1) is 13.4. The lowest BCUT2D eigenvalue weighted by molar-refractivity contribution is 0.854. The maximum absolute atomic E-state index is 9.53. The van der Waals surface area contributed by atoms with Gasteiger partial charge in [-0.15, -0.1) is 0 Å². The maximum Gasteiger partial charge on any atom is 0.0753 e. The number of nitriles is 1. The van der Waals surface area contributed by atoms with Crippen molar-refractivity contribution in [2.75, 3.05) is 0 Å². The SMILES string of the molecule is Cc1ccc(C(C#N)Cc2cccc3ccccc23)cc1. The third-order valence-corrected chi connectivity index (χ3v) is 3.94. The van der Waals surface area contributed by atoms with E-state index in [9.17, 15) is 5.26 Å². The van der Waals surface area contributed by atoms with E-state index in [-0.39, 0.29) is 5.92 Å². The van der Waals surface area contributed by atoms with Crippen LogP contribution in [0.5, 0.6) is 0 Å². The van der Waals surface area contributed by atoms with Crippen LogP contribution in [0.4, 0.5) is 0 Å². The molecule has 0 aliphatic rings. The molecule has 3 rings (SSSR count). The van der Waals surface area contributed by atoms with Crippen LogP contribution < -0.4 is 0 Å². The molecular weight excluding hydrogens is 254 g/mol. The molecule has 0 radical (unpaired) electrons. The molecule has 3 aromatic carbocycles. The second-order valence-electron chi connectivity index (χ2n) is 5.43. The van der Waals surface area contributed by atoms with E-state index < -0.39 is 0 Å². The Balaban J connectivity index is 1.96. The number of aryl methyl sites for hydroxylation is 1. The Morgan fingerprint density at radius 3 is 2.38 bits per heavy atom. The molecule has 102 valence electrons. The van der Waals surface area contributed by atoms with E-state index in [4.69, 9.17) is 0 Å². The molecule has 0 saturated heterocycles. The van der Waals surface area contributed by atoms with Gasteiger partial charge in [0.15, 0.2) is 0 Å². The van der Waals surface area contributed by atoms with Gasteiger partial charge in [0, 0.05) is 0 Å². The highest BCUT2D eigenvalue weighted by molar-refractivity contribution is 5.85. The largest absolute Gasteiger partial charge is 0.198 e. The second-order valence-corrected chi connectivity index (χ2v) is 5.43. The first-order chi connectivity index (χ1) is 10.3. The van der Waals surface area contributed by atoms with Crippen LogP contribution in [0.2, 0.25) is 0 Å². The van der Waals surface area contributed by atoms with Crippen LogP contribution in [-0.2, 0) is 6.42 Å². The summed E-state index contributed by atoms with van der Waals surface area (Å²) in [6.45, 7) is 2.07. The van der Waals surface area contributed by atoms with Gasteiger partial charge in [0.1, 0.15) is 0 Å². The summed E-state index contributed by atoms with van der Waals surface area (Å²) in [7, 11) is 0. The molecule has 1 heteroatoms. The minimum Gasteiger partial charge on any atom is -0.198 e. The van der Waals surface area contributed by atoms with Crippen LogP contribution in [0, 0.1) is 18.3 Å². The Bertz CT molecular complexity index is 789. The van der Waals surface area contributed by atoms with E-state index in [2.05, 4.69) is 73.7 Å². The van der Waals surface area contributed by atoms with Gasteiger partial charge in [-0.25, -0.2) is 0 Å². The zero-order valence-electron chi connectivity index (χ0n) is 12.1. The van der Waals surface area contributed by atoms with Gasteiger partial charge in [-0.05, 0) is 35.2 Å². The molecule has 3 aromatic rings. The van der Waals surface area contributed by atoms with Crippen LogP contribution >= 0.6 is 0 Å². The molecule has 0 heterocycles.